The smallest absolute Gasteiger partial charge is 0.147 e. The molecule has 0 saturated heterocycles. The third kappa shape index (κ3) is 28.0. The van der Waals surface area contributed by atoms with E-state index in [0.29, 0.717) is 0 Å². The van der Waals surface area contributed by atoms with Gasteiger partial charge < -0.3 is 11.0 Å². The van der Waals surface area contributed by atoms with Crippen LogP contribution in [0.1, 0.15) is 19.8 Å². The first kappa shape index (κ1) is 23.0. The Kier molecular flexibility index (Phi) is 70.5. The summed E-state index contributed by atoms with van der Waals surface area (Å²) in [6, 6.07) is 0. The molecule has 0 amide bonds. The first-order valence-corrected chi connectivity index (χ1v) is 4.45. The van der Waals surface area contributed by atoms with Crippen molar-refractivity contribution in [2.24, 2.45) is 0 Å². The Morgan fingerprint density at radius 1 is 1.25 bits per heavy atom. The maximum atomic E-state index is 2.23. The molecule has 4 heteroatoms. The van der Waals surface area contributed by atoms with Crippen LogP contribution in [0.15, 0.2) is 0 Å². The van der Waals surface area contributed by atoms with Crippen LogP contribution >= 0.6 is 12.4 Å². The van der Waals surface area contributed by atoms with Crippen molar-refractivity contribution in [3.63, 3.8) is 0 Å². The van der Waals surface area contributed by atoms with Gasteiger partial charge >= 0.3 is 46.7 Å². The van der Waals surface area contributed by atoms with Gasteiger partial charge in [0.25, 0.3) is 0 Å². The summed E-state index contributed by atoms with van der Waals surface area (Å²) in [7, 11) is 0. The molecule has 54 valence electrons. The molecular weight excluding hydrogens is 234 g/mol. The molecule has 4 N–H and O–H groups in total. The quantitative estimate of drug-likeness (QED) is 0.613. The molecule has 0 atom stereocenters. The van der Waals surface area contributed by atoms with Crippen LogP contribution in [-0.2, 0) is 0 Å². The molecule has 0 fully saturated rings. The molecule has 0 rings (SSSR count). The fourth-order valence-electron chi connectivity index (χ4n) is 0.204. The van der Waals surface area contributed by atoms with Gasteiger partial charge in [0.2, 0.25) is 0 Å². The third-order valence-electron chi connectivity index (χ3n) is 0.558. The predicted molar refractivity (Wildman–Crippen MR) is 41.3 cm³/mol. The fraction of sp³-hybridized carbons (Fsp3) is 1.00. The van der Waals surface area contributed by atoms with Gasteiger partial charge in [-0.3, -0.25) is 0 Å². The number of hydrogen-bond acceptors (Lipinski definition) is 0. The number of hydrogen-bond donors (Lipinski definition) is 0. The molecule has 0 spiro atoms. The van der Waals surface area contributed by atoms with Crippen LogP contribution in [0.4, 0.5) is 0 Å². The monoisotopic (exact) mass is 250 g/mol. The van der Waals surface area contributed by atoms with E-state index in [1.165, 1.54) is 39.8 Å². The van der Waals surface area contributed by atoms with E-state index in [2.05, 4.69) is 6.92 Å². The van der Waals surface area contributed by atoms with E-state index in [1.807, 2.05) is 0 Å². The SMILES string of the molecule is CCC[CH2][SnH].Cl.O.O. The van der Waals surface area contributed by atoms with Gasteiger partial charge in [-0.25, -0.2) is 0 Å². The predicted octanol–water partition coefficient (Wildman–Crippen LogP) is -0.122. The Balaban J connectivity index is -0.0000000267. The molecule has 0 unspecified atom stereocenters. The second-order valence-corrected chi connectivity index (χ2v) is 2.79. The molecule has 0 heterocycles. The van der Waals surface area contributed by atoms with Gasteiger partial charge in [-0.1, -0.05) is 0 Å². The molecule has 0 saturated carbocycles. The summed E-state index contributed by atoms with van der Waals surface area (Å²) in [5.74, 6) is 0. The van der Waals surface area contributed by atoms with Gasteiger partial charge in [0.05, 0.1) is 0 Å². The van der Waals surface area contributed by atoms with E-state index >= 15 is 0 Å². The number of halogens is 1. The average molecular weight is 249 g/mol. The van der Waals surface area contributed by atoms with Crippen LogP contribution in [0.5, 0.6) is 0 Å². The second kappa shape index (κ2) is 24.5. The van der Waals surface area contributed by atoms with Crippen LogP contribution in [0.25, 0.3) is 0 Å². The summed E-state index contributed by atoms with van der Waals surface area (Å²) in [4.78, 5) is 0. The van der Waals surface area contributed by atoms with Gasteiger partial charge in [-0.05, 0) is 0 Å². The largest absolute Gasteiger partial charge is 0.412 e. The first-order valence-electron chi connectivity index (χ1n) is 2.12. The summed E-state index contributed by atoms with van der Waals surface area (Å²) in [5.41, 5.74) is 0. The third-order valence-corrected chi connectivity index (χ3v) is 1.72. The Bertz CT molecular complexity index is 21.5. The molecular formula is C4H15ClO2Sn. The molecule has 0 aromatic carbocycles. The van der Waals surface area contributed by atoms with Gasteiger partial charge in [-0.15, -0.1) is 12.4 Å². The number of rotatable bonds is 2. The van der Waals surface area contributed by atoms with E-state index in [9.17, 15) is 0 Å². The van der Waals surface area contributed by atoms with E-state index < -0.39 is 0 Å². The van der Waals surface area contributed by atoms with Crippen molar-refractivity contribution in [3.05, 3.63) is 0 Å². The van der Waals surface area contributed by atoms with Crippen molar-refractivity contribution in [3.8, 4) is 0 Å². The van der Waals surface area contributed by atoms with Crippen molar-refractivity contribution < 1.29 is 11.0 Å². The van der Waals surface area contributed by atoms with Crippen LogP contribution < -0.4 is 0 Å². The molecule has 0 aromatic rings. The van der Waals surface area contributed by atoms with E-state index in [4.69, 9.17) is 0 Å². The summed E-state index contributed by atoms with van der Waals surface area (Å²) in [6.07, 6.45) is 2.82. The summed E-state index contributed by atoms with van der Waals surface area (Å²) in [5, 5.41) is 0. The molecule has 0 aliphatic carbocycles. The van der Waals surface area contributed by atoms with Crippen LogP contribution in [0.2, 0.25) is 4.44 Å². The molecule has 0 aliphatic heterocycles. The zero-order valence-corrected chi connectivity index (χ0v) is 9.22. The van der Waals surface area contributed by atoms with Gasteiger partial charge in [0.1, 0.15) is 0 Å². The van der Waals surface area contributed by atoms with Gasteiger partial charge in [0, 0.05) is 0 Å². The van der Waals surface area contributed by atoms with E-state index in [-0.39, 0.29) is 23.4 Å². The van der Waals surface area contributed by atoms with Crippen molar-refractivity contribution in [1.82, 2.24) is 0 Å². The van der Waals surface area contributed by atoms with Gasteiger partial charge in [0.15, 0.2) is 0 Å². The van der Waals surface area contributed by atoms with Gasteiger partial charge in [-0.2, -0.15) is 0 Å². The van der Waals surface area contributed by atoms with Crippen LogP contribution in [0.3, 0.4) is 0 Å². The first-order chi connectivity index (χ1) is 2.41. The summed E-state index contributed by atoms with van der Waals surface area (Å²) < 4.78 is 1.47. The molecule has 0 aliphatic rings. The number of unbranched alkanes of at least 4 members (excludes halogenated alkanes) is 1. The maximum absolute atomic E-state index is 2.23. The zero-order chi connectivity index (χ0) is 4.12. The molecule has 8 heavy (non-hydrogen) atoms. The van der Waals surface area contributed by atoms with Crippen molar-refractivity contribution in [2.45, 2.75) is 24.2 Å². The fourth-order valence-corrected chi connectivity index (χ4v) is 1.37. The Hall–Kier alpha value is 1.01. The van der Waals surface area contributed by atoms with E-state index in [1.54, 1.807) is 0 Å². The van der Waals surface area contributed by atoms with E-state index in [0.717, 1.165) is 0 Å². The minimum Gasteiger partial charge on any atom is -0.412 e. The average Bonchev–Trinajstić information content (AvgIpc) is 1.41. The Labute approximate surface area is 70.2 Å². The molecule has 0 aromatic heterocycles. The summed E-state index contributed by atoms with van der Waals surface area (Å²) in [6.45, 7) is 2.23. The molecule has 0 bridgehead atoms. The van der Waals surface area contributed by atoms with Crippen LogP contribution in [0, 0.1) is 0 Å². The molecule has 2 radical (unpaired) electrons. The van der Waals surface area contributed by atoms with Crippen molar-refractivity contribution >= 4 is 34.9 Å². The topological polar surface area (TPSA) is 63.0 Å². The second-order valence-electron chi connectivity index (χ2n) is 1.14. The maximum Gasteiger partial charge on any atom is -0.147 e. The van der Waals surface area contributed by atoms with Crippen molar-refractivity contribution in [2.75, 3.05) is 0 Å². The molecule has 2 nitrogen and oxygen atoms in total. The summed E-state index contributed by atoms with van der Waals surface area (Å²) >= 11 is 1.45. The standard InChI is InChI=1S/C4H9.ClH.2H2O.Sn.H/c1-3-4-2;;;;;/h1,3-4H2,2H3;1H;2*1H2;;. The minimum atomic E-state index is 0. The van der Waals surface area contributed by atoms with Crippen molar-refractivity contribution in [1.29, 1.82) is 0 Å². The van der Waals surface area contributed by atoms with Crippen LogP contribution in [-0.4, -0.2) is 33.5 Å². The Morgan fingerprint density at radius 3 is 1.62 bits per heavy atom. The normalized spacial score (nSPS) is 5.25. The Morgan fingerprint density at radius 2 is 1.62 bits per heavy atom. The minimum absolute atomic E-state index is 0. The zero-order valence-electron chi connectivity index (χ0n) is 5.11.